The third-order valence-corrected chi connectivity index (χ3v) is 3.94. The molecule has 2 aromatic rings. The van der Waals surface area contributed by atoms with E-state index in [0.717, 1.165) is 12.8 Å². The van der Waals surface area contributed by atoms with Gasteiger partial charge < -0.3 is 5.32 Å². The van der Waals surface area contributed by atoms with Crippen molar-refractivity contribution in [3.05, 3.63) is 63.4 Å². The average molecular weight is 326 g/mol. The van der Waals surface area contributed by atoms with Crippen molar-refractivity contribution in [1.82, 2.24) is 0 Å². The van der Waals surface area contributed by atoms with Crippen molar-refractivity contribution in [3.8, 4) is 0 Å². The van der Waals surface area contributed by atoms with Crippen LogP contribution in [0.3, 0.4) is 0 Å². The summed E-state index contributed by atoms with van der Waals surface area (Å²) in [5, 5.41) is 3.88. The van der Waals surface area contributed by atoms with E-state index in [4.69, 9.17) is 23.2 Å². The van der Waals surface area contributed by atoms with Crippen LogP contribution in [0.15, 0.2) is 36.4 Å². The molecule has 0 saturated carbocycles. The Morgan fingerprint density at radius 3 is 2.43 bits per heavy atom. The van der Waals surface area contributed by atoms with E-state index < -0.39 is 5.82 Å². The van der Waals surface area contributed by atoms with Crippen molar-refractivity contribution >= 4 is 28.9 Å². The molecule has 2 rings (SSSR count). The zero-order valence-electron chi connectivity index (χ0n) is 12.1. The second kappa shape index (κ2) is 7.15. The van der Waals surface area contributed by atoms with Crippen molar-refractivity contribution in [2.75, 3.05) is 5.32 Å². The molecular formula is C17H18Cl2FN. The number of nitrogens with one attached hydrogen (secondary N) is 1. The van der Waals surface area contributed by atoms with Gasteiger partial charge in [-0.3, -0.25) is 0 Å². The summed E-state index contributed by atoms with van der Waals surface area (Å²) in [6.45, 7) is 4.15. The molecule has 0 aliphatic heterocycles. The lowest BCUT2D eigenvalue weighted by molar-refractivity contribution is 0.627. The third-order valence-electron chi connectivity index (χ3n) is 3.35. The molecule has 0 spiro atoms. The minimum absolute atomic E-state index is 0.186. The summed E-state index contributed by atoms with van der Waals surface area (Å²) >= 11 is 12.1. The van der Waals surface area contributed by atoms with Gasteiger partial charge in [0.15, 0.2) is 0 Å². The van der Waals surface area contributed by atoms with E-state index in [9.17, 15) is 4.39 Å². The van der Waals surface area contributed by atoms with Crippen molar-refractivity contribution in [1.29, 1.82) is 0 Å². The van der Waals surface area contributed by atoms with Gasteiger partial charge in [0.2, 0.25) is 0 Å². The molecule has 0 heterocycles. The van der Waals surface area contributed by atoms with E-state index in [2.05, 4.69) is 43.4 Å². The molecule has 0 radical (unpaired) electrons. The van der Waals surface area contributed by atoms with Gasteiger partial charge in [-0.05, 0) is 44.4 Å². The van der Waals surface area contributed by atoms with Crippen LogP contribution >= 0.6 is 23.2 Å². The van der Waals surface area contributed by atoms with Crippen LogP contribution in [0, 0.1) is 12.7 Å². The molecule has 1 atom stereocenters. The molecular weight excluding hydrogens is 308 g/mol. The van der Waals surface area contributed by atoms with Crippen LogP contribution in [0.2, 0.25) is 10.0 Å². The Balaban J connectivity index is 1.97. The molecule has 1 nitrogen and oxygen atoms in total. The van der Waals surface area contributed by atoms with Crippen molar-refractivity contribution in [3.63, 3.8) is 0 Å². The molecule has 21 heavy (non-hydrogen) atoms. The molecule has 0 fully saturated rings. The smallest absolute Gasteiger partial charge is 0.126 e. The molecule has 0 aliphatic carbocycles. The Labute approximate surface area is 135 Å². The molecule has 0 saturated heterocycles. The van der Waals surface area contributed by atoms with Gasteiger partial charge >= 0.3 is 0 Å². The van der Waals surface area contributed by atoms with Crippen LogP contribution in [0.1, 0.15) is 24.5 Å². The standard InChI is InChI=1S/C17H18Cl2FN/c1-11-4-3-5-13(8-11)7-6-12(2)21-17-15(18)9-14(20)10-16(17)19/h3-5,8-10,12,21H,6-7H2,1-2H3. The van der Waals surface area contributed by atoms with E-state index >= 15 is 0 Å². The van der Waals surface area contributed by atoms with Crippen LogP contribution in [-0.2, 0) is 6.42 Å². The van der Waals surface area contributed by atoms with Crippen LogP contribution < -0.4 is 5.32 Å². The number of hydrogen-bond acceptors (Lipinski definition) is 1. The lowest BCUT2D eigenvalue weighted by Gasteiger charge is -2.17. The number of rotatable bonds is 5. The molecule has 0 aromatic heterocycles. The van der Waals surface area contributed by atoms with Crippen LogP contribution in [-0.4, -0.2) is 6.04 Å². The molecule has 4 heteroatoms. The molecule has 112 valence electrons. The predicted octanol–water partition coefficient (Wildman–Crippen LogP) is 5.87. The maximum atomic E-state index is 13.2. The zero-order valence-corrected chi connectivity index (χ0v) is 13.6. The largest absolute Gasteiger partial charge is 0.380 e. The molecule has 0 bridgehead atoms. The lowest BCUT2D eigenvalue weighted by atomic mass is 10.0. The zero-order chi connectivity index (χ0) is 15.4. The van der Waals surface area contributed by atoms with E-state index in [1.165, 1.54) is 23.3 Å². The second-order valence-corrected chi connectivity index (χ2v) is 6.13. The van der Waals surface area contributed by atoms with Gasteiger partial charge in [0, 0.05) is 6.04 Å². The number of halogens is 3. The van der Waals surface area contributed by atoms with Crippen molar-refractivity contribution < 1.29 is 4.39 Å². The maximum absolute atomic E-state index is 13.2. The highest BCUT2D eigenvalue weighted by Crippen LogP contribution is 2.32. The average Bonchev–Trinajstić information content (AvgIpc) is 2.40. The number of hydrogen-bond donors (Lipinski definition) is 1. The summed E-state index contributed by atoms with van der Waals surface area (Å²) in [7, 11) is 0. The highest BCUT2D eigenvalue weighted by atomic mass is 35.5. The fraction of sp³-hybridized carbons (Fsp3) is 0.294. The number of anilines is 1. The second-order valence-electron chi connectivity index (χ2n) is 5.32. The van der Waals surface area contributed by atoms with Gasteiger partial charge in [0.25, 0.3) is 0 Å². The number of benzene rings is 2. The van der Waals surface area contributed by atoms with Gasteiger partial charge in [0.05, 0.1) is 15.7 Å². The van der Waals surface area contributed by atoms with E-state index in [1.54, 1.807) is 0 Å². The van der Waals surface area contributed by atoms with Gasteiger partial charge in [-0.2, -0.15) is 0 Å². The molecule has 1 unspecified atom stereocenters. The third kappa shape index (κ3) is 4.62. The first-order chi connectivity index (χ1) is 9.95. The minimum atomic E-state index is -0.428. The maximum Gasteiger partial charge on any atom is 0.126 e. The Bertz CT molecular complexity index is 605. The Morgan fingerprint density at radius 1 is 1.14 bits per heavy atom. The van der Waals surface area contributed by atoms with E-state index in [0.29, 0.717) is 15.7 Å². The fourth-order valence-electron chi connectivity index (χ4n) is 2.25. The monoisotopic (exact) mass is 325 g/mol. The summed E-state index contributed by atoms with van der Waals surface area (Å²) in [4.78, 5) is 0. The van der Waals surface area contributed by atoms with Crippen molar-refractivity contribution in [2.24, 2.45) is 0 Å². The highest BCUT2D eigenvalue weighted by molar-refractivity contribution is 6.39. The highest BCUT2D eigenvalue weighted by Gasteiger charge is 2.11. The topological polar surface area (TPSA) is 12.0 Å². The van der Waals surface area contributed by atoms with Crippen molar-refractivity contribution in [2.45, 2.75) is 32.7 Å². The summed E-state index contributed by atoms with van der Waals surface area (Å²) in [5.74, 6) is -0.428. The molecule has 0 amide bonds. The summed E-state index contributed by atoms with van der Waals surface area (Å²) in [5.41, 5.74) is 3.16. The fourth-order valence-corrected chi connectivity index (χ4v) is 2.82. The SMILES string of the molecule is Cc1cccc(CCC(C)Nc2c(Cl)cc(F)cc2Cl)c1. The van der Waals surface area contributed by atoms with Gasteiger partial charge in [0.1, 0.15) is 5.82 Å². The van der Waals surface area contributed by atoms with Gasteiger partial charge in [-0.25, -0.2) is 4.39 Å². The van der Waals surface area contributed by atoms with Gasteiger partial charge in [-0.15, -0.1) is 0 Å². The lowest BCUT2D eigenvalue weighted by Crippen LogP contribution is -2.16. The van der Waals surface area contributed by atoms with E-state index in [-0.39, 0.29) is 6.04 Å². The first kappa shape index (κ1) is 16.1. The Morgan fingerprint density at radius 2 is 1.81 bits per heavy atom. The van der Waals surface area contributed by atoms with Crippen LogP contribution in [0.4, 0.5) is 10.1 Å². The van der Waals surface area contributed by atoms with Gasteiger partial charge in [-0.1, -0.05) is 53.0 Å². The quantitative estimate of drug-likeness (QED) is 0.724. The minimum Gasteiger partial charge on any atom is -0.380 e. The summed E-state index contributed by atoms with van der Waals surface area (Å²) < 4.78 is 13.2. The Kier molecular flexibility index (Phi) is 5.49. The van der Waals surface area contributed by atoms with Crippen LogP contribution in [0.25, 0.3) is 0 Å². The number of aryl methyl sites for hydroxylation is 2. The Hall–Kier alpha value is -1.25. The summed E-state index contributed by atoms with van der Waals surface area (Å²) in [6, 6.07) is 11.2. The first-order valence-corrected chi connectivity index (χ1v) is 7.68. The summed E-state index contributed by atoms with van der Waals surface area (Å²) in [6.07, 6.45) is 1.90. The van der Waals surface area contributed by atoms with Crippen LogP contribution in [0.5, 0.6) is 0 Å². The normalized spacial score (nSPS) is 12.2. The molecule has 0 aliphatic rings. The van der Waals surface area contributed by atoms with E-state index in [1.807, 2.05) is 0 Å². The molecule has 1 N–H and O–H groups in total. The first-order valence-electron chi connectivity index (χ1n) is 6.92. The molecule has 2 aromatic carbocycles. The predicted molar refractivity (Wildman–Crippen MR) is 89.0 cm³/mol.